The topological polar surface area (TPSA) is 39.7 Å². The second kappa shape index (κ2) is 9.55. The van der Waals surface area contributed by atoms with E-state index in [-0.39, 0.29) is 29.4 Å². The summed E-state index contributed by atoms with van der Waals surface area (Å²) in [5.74, 6) is 1.90. The molecule has 0 aliphatic heterocycles. The molecular formula is C19H33IN4S. The van der Waals surface area contributed by atoms with Gasteiger partial charge in [-0.25, -0.2) is 0 Å². The summed E-state index contributed by atoms with van der Waals surface area (Å²) in [6.07, 6.45) is 5.68. The Morgan fingerprint density at radius 1 is 1.28 bits per heavy atom. The van der Waals surface area contributed by atoms with Crippen molar-refractivity contribution in [1.82, 2.24) is 15.5 Å². The number of guanidine groups is 1. The van der Waals surface area contributed by atoms with Gasteiger partial charge in [-0.05, 0) is 43.0 Å². The van der Waals surface area contributed by atoms with Crippen molar-refractivity contribution in [2.24, 2.45) is 10.9 Å². The van der Waals surface area contributed by atoms with Gasteiger partial charge >= 0.3 is 0 Å². The molecule has 2 saturated carbocycles. The zero-order valence-electron chi connectivity index (χ0n) is 15.8. The first-order chi connectivity index (χ1) is 11.6. The Hall–Kier alpha value is -0.340. The van der Waals surface area contributed by atoms with E-state index in [1.54, 1.807) is 0 Å². The number of hydrogen-bond acceptors (Lipinski definition) is 3. The first-order valence-corrected chi connectivity index (χ1v) is 10.2. The van der Waals surface area contributed by atoms with Gasteiger partial charge in [0, 0.05) is 49.6 Å². The van der Waals surface area contributed by atoms with Crippen LogP contribution in [0.15, 0.2) is 22.5 Å². The average Bonchev–Trinajstić information content (AvgIpc) is 3.49. The number of thiophene rings is 1. The van der Waals surface area contributed by atoms with Crippen LogP contribution in [0.1, 0.15) is 44.4 Å². The number of nitrogens with zero attached hydrogens (tertiary/aromatic N) is 2. The van der Waals surface area contributed by atoms with Crippen LogP contribution < -0.4 is 10.6 Å². The molecule has 0 bridgehead atoms. The van der Waals surface area contributed by atoms with Crippen LogP contribution >= 0.6 is 35.3 Å². The van der Waals surface area contributed by atoms with Gasteiger partial charge in [-0.15, -0.1) is 35.3 Å². The number of aliphatic imine (C=N–C) groups is 1. The highest BCUT2D eigenvalue weighted by molar-refractivity contribution is 14.0. The highest BCUT2D eigenvalue weighted by Gasteiger charge is 2.33. The fraction of sp³-hybridized carbons (Fsp3) is 0.737. The molecule has 2 aliphatic carbocycles. The van der Waals surface area contributed by atoms with Gasteiger partial charge in [0.05, 0.1) is 0 Å². The summed E-state index contributed by atoms with van der Waals surface area (Å²) in [5, 5.41) is 9.14. The maximum Gasteiger partial charge on any atom is 0.191 e. The van der Waals surface area contributed by atoms with Crippen molar-refractivity contribution in [2.75, 3.05) is 33.2 Å². The molecule has 2 N–H and O–H groups in total. The molecule has 4 nitrogen and oxygen atoms in total. The molecule has 0 amide bonds. The van der Waals surface area contributed by atoms with Crippen LogP contribution in [0.4, 0.5) is 0 Å². The molecule has 1 aromatic rings. The summed E-state index contributed by atoms with van der Waals surface area (Å²) in [4.78, 5) is 8.48. The number of rotatable bonds is 9. The van der Waals surface area contributed by atoms with Crippen LogP contribution in [-0.2, 0) is 5.41 Å². The van der Waals surface area contributed by atoms with Crippen molar-refractivity contribution in [1.29, 1.82) is 0 Å². The maximum atomic E-state index is 4.38. The third kappa shape index (κ3) is 6.71. The molecule has 0 aromatic carbocycles. The van der Waals surface area contributed by atoms with Crippen LogP contribution in [0.5, 0.6) is 0 Å². The molecule has 0 spiro atoms. The SMILES string of the molecule is CN=C(NCCN(CC1CC1)C1CC1)NCC(C)(C)c1cccs1.I. The van der Waals surface area contributed by atoms with E-state index in [1.165, 1.54) is 37.1 Å². The summed E-state index contributed by atoms with van der Waals surface area (Å²) in [7, 11) is 1.86. The van der Waals surface area contributed by atoms with Crippen molar-refractivity contribution >= 4 is 41.3 Å². The first kappa shape index (κ1) is 21.0. The van der Waals surface area contributed by atoms with E-state index < -0.39 is 0 Å². The lowest BCUT2D eigenvalue weighted by molar-refractivity contribution is 0.256. The molecule has 3 rings (SSSR count). The minimum Gasteiger partial charge on any atom is -0.356 e. The van der Waals surface area contributed by atoms with E-state index in [1.807, 2.05) is 18.4 Å². The predicted octanol–water partition coefficient (Wildman–Crippen LogP) is 3.68. The summed E-state index contributed by atoms with van der Waals surface area (Å²) < 4.78 is 0. The summed E-state index contributed by atoms with van der Waals surface area (Å²) in [6.45, 7) is 8.87. The van der Waals surface area contributed by atoms with Gasteiger partial charge in [-0.3, -0.25) is 9.89 Å². The van der Waals surface area contributed by atoms with E-state index in [9.17, 15) is 0 Å². The first-order valence-electron chi connectivity index (χ1n) is 9.31. The third-order valence-electron chi connectivity index (χ3n) is 5.05. The zero-order valence-corrected chi connectivity index (χ0v) is 18.9. The molecule has 1 heterocycles. The Morgan fingerprint density at radius 2 is 2.04 bits per heavy atom. The van der Waals surface area contributed by atoms with Gasteiger partial charge in [0.25, 0.3) is 0 Å². The Labute approximate surface area is 173 Å². The van der Waals surface area contributed by atoms with Gasteiger partial charge in [-0.2, -0.15) is 0 Å². The molecular weight excluding hydrogens is 443 g/mol. The molecule has 6 heteroatoms. The average molecular weight is 476 g/mol. The van der Waals surface area contributed by atoms with Crippen LogP contribution in [0, 0.1) is 5.92 Å². The van der Waals surface area contributed by atoms with Crippen LogP contribution in [0.25, 0.3) is 0 Å². The van der Waals surface area contributed by atoms with Crippen molar-refractivity contribution in [3.63, 3.8) is 0 Å². The molecule has 0 radical (unpaired) electrons. The predicted molar refractivity (Wildman–Crippen MR) is 119 cm³/mol. The molecule has 1 aromatic heterocycles. The van der Waals surface area contributed by atoms with Crippen LogP contribution in [0.3, 0.4) is 0 Å². The highest BCUT2D eigenvalue weighted by atomic mass is 127. The van der Waals surface area contributed by atoms with Gasteiger partial charge in [-0.1, -0.05) is 19.9 Å². The Balaban J connectivity index is 0.00000225. The van der Waals surface area contributed by atoms with Gasteiger partial charge < -0.3 is 10.6 Å². The van der Waals surface area contributed by atoms with Crippen molar-refractivity contribution in [3.05, 3.63) is 22.4 Å². The second-order valence-electron chi connectivity index (χ2n) is 7.88. The van der Waals surface area contributed by atoms with Gasteiger partial charge in [0.2, 0.25) is 0 Å². The fourth-order valence-electron chi connectivity index (χ4n) is 3.09. The Morgan fingerprint density at radius 3 is 2.60 bits per heavy atom. The Kier molecular flexibility index (Phi) is 8.01. The van der Waals surface area contributed by atoms with E-state index in [4.69, 9.17) is 0 Å². The molecule has 2 aliphatic rings. The number of nitrogens with one attached hydrogen (secondary N) is 2. The molecule has 0 saturated heterocycles. The second-order valence-corrected chi connectivity index (χ2v) is 8.83. The smallest absolute Gasteiger partial charge is 0.191 e. The summed E-state index contributed by atoms with van der Waals surface area (Å²) >= 11 is 1.83. The van der Waals surface area contributed by atoms with Crippen molar-refractivity contribution in [3.8, 4) is 0 Å². The molecule has 142 valence electrons. The minimum absolute atomic E-state index is 0. The highest BCUT2D eigenvalue weighted by Crippen LogP contribution is 2.34. The molecule has 25 heavy (non-hydrogen) atoms. The monoisotopic (exact) mass is 476 g/mol. The van der Waals surface area contributed by atoms with E-state index in [2.05, 4.69) is 51.9 Å². The number of halogens is 1. The normalized spacial score (nSPS) is 18.2. The fourth-order valence-corrected chi connectivity index (χ4v) is 3.94. The Bertz CT molecular complexity index is 536. The zero-order chi connectivity index (χ0) is 17.0. The lowest BCUT2D eigenvalue weighted by Crippen LogP contribution is -2.45. The summed E-state index contributed by atoms with van der Waals surface area (Å²) in [5.41, 5.74) is 0.123. The van der Waals surface area contributed by atoms with E-state index in [0.717, 1.165) is 37.6 Å². The van der Waals surface area contributed by atoms with Crippen molar-refractivity contribution < 1.29 is 0 Å². The third-order valence-corrected chi connectivity index (χ3v) is 6.29. The standard InChI is InChI=1S/C19H32N4S.HI/c1-19(2,17-5-4-12-24-17)14-22-18(20-3)21-10-11-23(16-8-9-16)13-15-6-7-15;/h4-5,12,15-16H,6-11,13-14H2,1-3H3,(H2,20,21,22);1H. The largest absolute Gasteiger partial charge is 0.356 e. The van der Waals surface area contributed by atoms with Crippen LogP contribution in [0.2, 0.25) is 0 Å². The summed E-state index contributed by atoms with van der Waals surface area (Å²) in [6, 6.07) is 5.20. The minimum atomic E-state index is 0. The molecule has 0 unspecified atom stereocenters. The van der Waals surface area contributed by atoms with Crippen LogP contribution in [-0.4, -0.2) is 50.1 Å². The quantitative estimate of drug-likeness (QED) is 0.325. The molecule has 2 fully saturated rings. The van der Waals surface area contributed by atoms with E-state index in [0.29, 0.717) is 0 Å². The van der Waals surface area contributed by atoms with Crippen molar-refractivity contribution in [2.45, 2.75) is 51.0 Å². The lowest BCUT2D eigenvalue weighted by Gasteiger charge is -2.26. The molecule has 0 atom stereocenters. The van der Waals surface area contributed by atoms with E-state index >= 15 is 0 Å². The lowest BCUT2D eigenvalue weighted by atomic mass is 9.91. The van der Waals surface area contributed by atoms with Gasteiger partial charge in [0.1, 0.15) is 0 Å². The number of hydrogen-bond donors (Lipinski definition) is 2. The maximum absolute atomic E-state index is 4.38. The van der Waals surface area contributed by atoms with Gasteiger partial charge in [0.15, 0.2) is 5.96 Å².